The highest BCUT2D eigenvalue weighted by Crippen LogP contribution is 2.44. The number of hydrogen-bond donors (Lipinski definition) is 4. The predicted octanol–water partition coefficient (Wildman–Crippen LogP) is 1.80. The highest BCUT2D eigenvalue weighted by Gasteiger charge is 2.29. The molecule has 0 aliphatic heterocycles. The first-order valence-corrected chi connectivity index (χ1v) is 11.2. The Morgan fingerprint density at radius 2 is 1.60 bits per heavy atom. The summed E-state index contributed by atoms with van der Waals surface area (Å²) in [6.45, 7) is -0.152. The molecule has 0 saturated heterocycles. The highest BCUT2D eigenvalue weighted by atomic mass is 16.5. The molecule has 0 saturated carbocycles. The molecule has 0 fully saturated rings. The van der Waals surface area contributed by atoms with E-state index in [0.29, 0.717) is 0 Å². The van der Waals surface area contributed by atoms with E-state index in [1.165, 1.54) is 7.11 Å². The lowest BCUT2D eigenvalue weighted by Crippen LogP contribution is -2.43. The van der Waals surface area contributed by atoms with E-state index in [4.69, 9.17) is 4.74 Å². The number of alkyl carbamates (subject to hydrolysis) is 1. The van der Waals surface area contributed by atoms with Gasteiger partial charge < -0.3 is 30.3 Å². The zero-order valence-corrected chi connectivity index (χ0v) is 19.2. The Morgan fingerprint density at radius 3 is 2.17 bits per heavy atom. The number of amides is 2. The quantitative estimate of drug-likeness (QED) is 0.353. The number of carboxylic acids is 1. The van der Waals surface area contributed by atoms with Gasteiger partial charge in [-0.1, -0.05) is 48.5 Å². The zero-order chi connectivity index (χ0) is 25.4. The monoisotopic (exact) mass is 484 g/mol. The molecule has 186 valence electrons. The largest absolute Gasteiger partial charge is 0.480 e. The summed E-state index contributed by atoms with van der Waals surface area (Å²) in [4.78, 5) is 46.7. The van der Waals surface area contributed by atoms with Crippen LogP contribution in [0.2, 0.25) is 0 Å². The molecule has 2 aromatic carbocycles. The average molecular weight is 485 g/mol. The van der Waals surface area contributed by atoms with Crippen molar-refractivity contribution in [2.75, 3.05) is 20.3 Å². The van der Waals surface area contributed by atoms with Crippen molar-refractivity contribution in [3.05, 3.63) is 59.7 Å². The minimum Gasteiger partial charge on any atom is -0.480 e. The third kappa shape index (κ3) is 6.80. The zero-order valence-electron chi connectivity index (χ0n) is 19.2. The summed E-state index contributed by atoms with van der Waals surface area (Å²) in [6.07, 6.45) is -2.77. The maximum atomic E-state index is 12.2. The van der Waals surface area contributed by atoms with Gasteiger partial charge in [0, 0.05) is 18.9 Å². The SMILES string of the molecule is COC(=O)CCC(NC(=O)CC(O)CNC(=O)OCC1c2ccccc2-c2ccccc21)C(=O)O. The maximum Gasteiger partial charge on any atom is 0.407 e. The van der Waals surface area contributed by atoms with Crippen molar-refractivity contribution < 1.29 is 38.9 Å². The van der Waals surface area contributed by atoms with Crippen molar-refractivity contribution in [3.63, 3.8) is 0 Å². The van der Waals surface area contributed by atoms with E-state index in [9.17, 15) is 29.4 Å². The van der Waals surface area contributed by atoms with Gasteiger partial charge in [0.15, 0.2) is 0 Å². The second kappa shape index (κ2) is 12.0. The Bertz CT molecular complexity index is 1040. The third-order valence-electron chi connectivity index (χ3n) is 5.74. The lowest BCUT2D eigenvalue weighted by molar-refractivity contribution is -0.144. The van der Waals surface area contributed by atoms with Gasteiger partial charge in [0.05, 0.1) is 19.6 Å². The molecule has 2 aromatic rings. The topological polar surface area (TPSA) is 151 Å². The van der Waals surface area contributed by atoms with Crippen molar-refractivity contribution in [1.82, 2.24) is 10.6 Å². The molecule has 2 amide bonds. The number of benzene rings is 2. The van der Waals surface area contributed by atoms with Crippen molar-refractivity contribution in [1.29, 1.82) is 0 Å². The van der Waals surface area contributed by atoms with Gasteiger partial charge in [0.25, 0.3) is 0 Å². The molecule has 35 heavy (non-hydrogen) atoms. The maximum absolute atomic E-state index is 12.2. The molecular weight excluding hydrogens is 456 g/mol. The van der Waals surface area contributed by atoms with E-state index in [1.54, 1.807) is 0 Å². The number of fused-ring (bicyclic) bond motifs is 3. The number of aliphatic hydroxyl groups is 1. The van der Waals surface area contributed by atoms with Gasteiger partial charge >= 0.3 is 18.0 Å². The summed E-state index contributed by atoms with van der Waals surface area (Å²) >= 11 is 0. The third-order valence-corrected chi connectivity index (χ3v) is 5.74. The van der Waals surface area contributed by atoms with E-state index >= 15 is 0 Å². The first-order valence-electron chi connectivity index (χ1n) is 11.2. The number of carbonyl (C=O) groups is 4. The van der Waals surface area contributed by atoms with Gasteiger partial charge in [-0.25, -0.2) is 9.59 Å². The van der Waals surface area contributed by atoms with Crippen molar-refractivity contribution in [2.24, 2.45) is 0 Å². The van der Waals surface area contributed by atoms with Crippen molar-refractivity contribution >= 4 is 23.9 Å². The minimum atomic E-state index is -1.31. The van der Waals surface area contributed by atoms with Crippen LogP contribution in [0.3, 0.4) is 0 Å². The molecule has 0 bridgehead atoms. The van der Waals surface area contributed by atoms with Crippen LogP contribution in [0.15, 0.2) is 48.5 Å². The number of nitrogens with one attached hydrogen (secondary N) is 2. The molecule has 4 N–H and O–H groups in total. The number of aliphatic hydroxyl groups excluding tert-OH is 1. The molecule has 0 aromatic heterocycles. The standard InChI is InChI=1S/C25H28N2O8/c1-34-23(30)11-10-21(24(31)32)27-22(29)12-15(28)13-26-25(33)35-14-20-18-8-4-2-6-16(18)17-7-3-5-9-19(17)20/h2-9,15,20-21,28H,10-14H2,1H3,(H,26,33)(H,27,29)(H,31,32). The number of hydrogen-bond acceptors (Lipinski definition) is 7. The van der Waals surface area contributed by atoms with Gasteiger partial charge in [-0.05, 0) is 28.7 Å². The fourth-order valence-electron chi connectivity index (χ4n) is 4.01. The normalized spacial score (nSPS) is 13.7. The number of rotatable bonds is 11. The second-order valence-corrected chi connectivity index (χ2v) is 8.14. The van der Waals surface area contributed by atoms with Crippen LogP contribution in [0.1, 0.15) is 36.3 Å². The first-order chi connectivity index (χ1) is 16.8. The lowest BCUT2D eigenvalue weighted by Gasteiger charge is -2.17. The van der Waals surface area contributed by atoms with Crippen molar-refractivity contribution in [2.45, 2.75) is 37.3 Å². The predicted molar refractivity (Wildman–Crippen MR) is 125 cm³/mol. The summed E-state index contributed by atoms with van der Waals surface area (Å²) in [7, 11) is 1.18. The fourth-order valence-corrected chi connectivity index (χ4v) is 4.01. The van der Waals surface area contributed by atoms with Crippen LogP contribution in [0.5, 0.6) is 0 Å². The lowest BCUT2D eigenvalue weighted by atomic mass is 9.98. The van der Waals surface area contributed by atoms with E-state index in [1.807, 2.05) is 48.5 Å². The van der Waals surface area contributed by atoms with E-state index in [-0.39, 0.29) is 31.9 Å². The van der Waals surface area contributed by atoms with Gasteiger partial charge in [-0.2, -0.15) is 0 Å². The Balaban J connectivity index is 1.44. The van der Waals surface area contributed by atoms with E-state index < -0.39 is 42.5 Å². The smallest absolute Gasteiger partial charge is 0.407 e. The summed E-state index contributed by atoms with van der Waals surface area (Å²) in [5, 5.41) is 23.9. The average Bonchev–Trinajstić information content (AvgIpc) is 3.17. The highest BCUT2D eigenvalue weighted by molar-refractivity contribution is 5.84. The Kier molecular flexibility index (Phi) is 8.80. The Labute approximate surface area is 202 Å². The summed E-state index contributed by atoms with van der Waals surface area (Å²) in [6, 6.07) is 14.5. The first kappa shape index (κ1) is 25.7. The number of methoxy groups -OCH3 is 1. The van der Waals surface area contributed by atoms with Crippen LogP contribution in [0, 0.1) is 0 Å². The van der Waals surface area contributed by atoms with Crippen LogP contribution in [0.25, 0.3) is 11.1 Å². The van der Waals surface area contributed by atoms with Crippen molar-refractivity contribution in [3.8, 4) is 11.1 Å². The molecule has 0 spiro atoms. The molecule has 1 aliphatic rings. The van der Waals surface area contributed by atoms with Gasteiger partial charge in [0.2, 0.25) is 5.91 Å². The molecule has 10 heteroatoms. The minimum absolute atomic E-state index is 0.108. The molecule has 1 aliphatic carbocycles. The molecular formula is C25H28N2O8. The number of aliphatic carboxylic acids is 1. The van der Waals surface area contributed by atoms with E-state index in [2.05, 4.69) is 15.4 Å². The molecule has 2 atom stereocenters. The number of carbonyl (C=O) groups excluding carboxylic acids is 3. The fraction of sp³-hybridized carbons (Fsp3) is 0.360. The Morgan fingerprint density at radius 1 is 1.00 bits per heavy atom. The second-order valence-electron chi connectivity index (χ2n) is 8.14. The van der Waals surface area contributed by atoms with Crippen LogP contribution >= 0.6 is 0 Å². The van der Waals surface area contributed by atoms with Crippen LogP contribution in [0.4, 0.5) is 4.79 Å². The Hall–Kier alpha value is -3.92. The number of ether oxygens (including phenoxy) is 2. The van der Waals surface area contributed by atoms with E-state index in [0.717, 1.165) is 22.3 Å². The molecule has 0 radical (unpaired) electrons. The van der Waals surface area contributed by atoms with Gasteiger partial charge in [-0.3, -0.25) is 9.59 Å². The van der Waals surface area contributed by atoms with Crippen LogP contribution < -0.4 is 10.6 Å². The van der Waals surface area contributed by atoms with Crippen LogP contribution in [-0.4, -0.2) is 66.6 Å². The number of esters is 1. The molecule has 3 rings (SSSR count). The summed E-state index contributed by atoms with van der Waals surface area (Å²) in [5.74, 6) is -2.75. The van der Waals surface area contributed by atoms with Gasteiger partial charge in [0.1, 0.15) is 12.6 Å². The van der Waals surface area contributed by atoms with Gasteiger partial charge in [-0.15, -0.1) is 0 Å². The van der Waals surface area contributed by atoms with Crippen LogP contribution in [-0.2, 0) is 23.9 Å². The summed E-state index contributed by atoms with van der Waals surface area (Å²) in [5.41, 5.74) is 4.34. The summed E-state index contributed by atoms with van der Waals surface area (Å²) < 4.78 is 9.83. The molecule has 0 heterocycles. The number of carboxylic acid groups (broad SMARTS) is 1. The molecule has 10 nitrogen and oxygen atoms in total. The molecule has 2 unspecified atom stereocenters.